The highest BCUT2D eigenvalue weighted by Gasteiger charge is 2.26. The predicted molar refractivity (Wildman–Crippen MR) is 116 cm³/mol. The van der Waals surface area contributed by atoms with E-state index in [-0.39, 0.29) is 16.5 Å². The van der Waals surface area contributed by atoms with E-state index in [2.05, 4.69) is 4.98 Å². The molecule has 0 bridgehead atoms. The molecule has 7 nitrogen and oxygen atoms in total. The molecule has 1 aliphatic carbocycles. The molecule has 3 aromatic rings. The van der Waals surface area contributed by atoms with Gasteiger partial charge < -0.3 is 14.8 Å². The Morgan fingerprint density at radius 1 is 1.00 bits per heavy atom. The number of piperazine rings is 1. The number of carbonyl (C=O) groups excluding carboxylic acids is 1. The van der Waals surface area contributed by atoms with Crippen LogP contribution in [0.25, 0.3) is 10.9 Å². The van der Waals surface area contributed by atoms with E-state index in [9.17, 15) is 14.9 Å². The van der Waals surface area contributed by atoms with Crippen LogP contribution in [0.4, 0.5) is 11.4 Å². The summed E-state index contributed by atoms with van der Waals surface area (Å²) in [6, 6.07) is 12.8. The van der Waals surface area contributed by atoms with E-state index in [1.165, 1.54) is 35.6 Å². The van der Waals surface area contributed by atoms with Gasteiger partial charge in [-0.3, -0.25) is 14.9 Å². The quantitative estimate of drug-likeness (QED) is 0.530. The van der Waals surface area contributed by atoms with Crippen LogP contribution in [0, 0.1) is 10.1 Å². The molecule has 0 atom stereocenters. The van der Waals surface area contributed by atoms with Gasteiger partial charge in [0.05, 0.1) is 4.92 Å². The van der Waals surface area contributed by atoms with E-state index in [4.69, 9.17) is 0 Å². The number of aromatic nitrogens is 1. The number of fused-ring (bicyclic) bond motifs is 3. The standard InChI is InChI=1S/C23H24N4O3/c28-23(16-9-10-20-18(15-16)17-5-1-2-6-19(17)24-20)26-13-11-25(12-14-26)21-7-3-4-8-22(21)27(29)30/h3-4,7-10,15,24H,1-2,5-6,11-14H2. The topological polar surface area (TPSA) is 82.5 Å². The van der Waals surface area contributed by atoms with Gasteiger partial charge in [-0.2, -0.15) is 0 Å². The van der Waals surface area contributed by atoms with Gasteiger partial charge in [-0.1, -0.05) is 12.1 Å². The van der Waals surface area contributed by atoms with Crippen molar-refractivity contribution in [2.24, 2.45) is 0 Å². The first kappa shape index (κ1) is 18.7. The van der Waals surface area contributed by atoms with E-state index in [1.807, 2.05) is 34.1 Å². The number of para-hydroxylation sites is 2. The normalized spacial score (nSPS) is 16.5. The van der Waals surface area contributed by atoms with Gasteiger partial charge in [-0.15, -0.1) is 0 Å². The van der Waals surface area contributed by atoms with Crippen LogP contribution in [-0.2, 0) is 12.8 Å². The fourth-order valence-corrected chi connectivity index (χ4v) is 4.76. The molecule has 1 fully saturated rings. The third-order valence-electron chi connectivity index (χ3n) is 6.33. The van der Waals surface area contributed by atoms with Crippen LogP contribution in [0.3, 0.4) is 0 Å². The van der Waals surface area contributed by atoms with Crippen LogP contribution in [-0.4, -0.2) is 46.9 Å². The van der Waals surface area contributed by atoms with Crippen molar-refractivity contribution in [3.8, 4) is 0 Å². The van der Waals surface area contributed by atoms with Crippen molar-refractivity contribution in [1.82, 2.24) is 9.88 Å². The molecule has 2 aromatic carbocycles. The molecule has 30 heavy (non-hydrogen) atoms. The molecular formula is C23H24N4O3. The minimum absolute atomic E-state index is 0.0323. The summed E-state index contributed by atoms with van der Waals surface area (Å²) in [4.78, 5) is 31.5. The predicted octanol–water partition coefficient (Wildman–Crippen LogP) is 3.92. The monoisotopic (exact) mass is 404 g/mol. The lowest BCUT2D eigenvalue weighted by molar-refractivity contribution is -0.384. The van der Waals surface area contributed by atoms with Crippen molar-refractivity contribution in [2.75, 3.05) is 31.1 Å². The zero-order valence-electron chi connectivity index (χ0n) is 16.8. The zero-order chi connectivity index (χ0) is 20.7. The summed E-state index contributed by atoms with van der Waals surface area (Å²) in [6.45, 7) is 2.26. The number of rotatable bonds is 3. The molecule has 7 heteroatoms. The second kappa shape index (κ2) is 7.48. The third-order valence-corrected chi connectivity index (χ3v) is 6.33. The highest BCUT2D eigenvalue weighted by molar-refractivity contribution is 5.99. The summed E-state index contributed by atoms with van der Waals surface area (Å²) in [5, 5.41) is 12.5. The minimum atomic E-state index is -0.348. The number of nitro benzene ring substituents is 1. The molecule has 1 N–H and O–H groups in total. The Labute approximate surface area is 174 Å². The molecule has 0 spiro atoms. The van der Waals surface area contributed by atoms with Gasteiger partial charge in [0, 0.05) is 54.4 Å². The largest absolute Gasteiger partial charge is 0.362 e. The lowest BCUT2D eigenvalue weighted by Gasteiger charge is -2.35. The molecule has 1 aliphatic heterocycles. The van der Waals surface area contributed by atoms with Crippen molar-refractivity contribution in [1.29, 1.82) is 0 Å². The third kappa shape index (κ3) is 3.20. The molecule has 0 radical (unpaired) electrons. The van der Waals surface area contributed by atoms with Crippen LogP contribution in [0.2, 0.25) is 0 Å². The van der Waals surface area contributed by atoms with Gasteiger partial charge in [-0.05, 0) is 55.5 Å². The molecule has 1 amide bonds. The number of anilines is 1. The average molecular weight is 404 g/mol. The summed E-state index contributed by atoms with van der Waals surface area (Å²) in [5.74, 6) is 0.0323. The van der Waals surface area contributed by atoms with Crippen molar-refractivity contribution >= 4 is 28.2 Å². The summed E-state index contributed by atoms with van der Waals surface area (Å²) in [5.41, 5.74) is 5.25. The number of hydrogen-bond acceptors (Lipinski definition) is 4. The van der Waals surface area contributed by atoms with Gasteiger partial charge in [0.15, 0.2) is 0 Å². The number of aryl methyl sites for hydroxylation is 2. The second-order valence-electron chi connectivity index (χ2n) is 8.07. The smallest absolute Gasteiger partial charge is 0.292 e. The molecular weight excluding hydrogens is 380 g/mol. The number of aromatic amines is 1. The first-order valence-electron chi connectivity index (χ1n) is 10.5. The number of carbonyl (C=O) groups is 1. The summed E-state index contributed by atoms with van der Waals surface area (Å²) in [7, 11) is 0. The number of amides is 1. The number of nitrogens with zero attached hydrogens (tertiary/aromatic N) is 3. The average Bonchev–Trinajstić information content (AvgIpc) is 3.16. The highest BCUT2D eigenvalue weighted by Crippen LogP contribution is 2.31. The molecule has 154 valence electrons. The summed E-state index contributed by atoms with van der Waals surface area (Å²) in [6.07, 6.45) is 4.57. The Kier molecular flexibility index (Phi) is 4.65. The van der Waals surface area contributed by atoms with E-state index in [1.54, 1.807) is 12.1 Å². The van der Waals surface area contributed by atoms with Crippen LogP contribution < -0.4 is 4.90 Å². The lowest BCUT2D eigenvalue weighted by Crippen LogP contribution is -2.48. The number of nitro groups is 1. The Morgan fingerprint density at radius 2 is 1.77 bits per heavy atom. The van der Waals surface area contributed by atoms with E-state index >= 15 is 0 Å². The Hall–Kier alpha value is -3.35. The number of benzene rings is 2. The number of hydrogen-bond donors (Lipinski definition) is 1. The molecule has 2 heterocycles. The Balaban J connectivity index is 1.33. The Bertz CT molecular complexity index is 1130. The van der Waals surface area contributed by atoms with E-state index < -0.39 is 0 Å². The van der Waals surface area contributed by atoms with Crippen molar-refractivity contribution < 1.29 is 9.72 Å². The van der Waals surface area contributed by atoms with Gasteiger partial charge in [0.25, 0.3) is 11.6 Å². The Morgan fingerprint density at radius 3 is 2.57 bits per heavy atom. The van der Waals surface area contributed by atoms with Crippen molar-refractivity contribution in [3.63, 3.8) is 0 Å². The molecule has 1 saturated heterocycles. The molecule has 0 saturated carbocycles. The van der Waals surface area contributed by atoms with Crippen molar-refractivity contribution in [3.05, 3.63) is 69.4 Å². The summed E-state index contributed by atoms with van der Waals surface area (Å²) >= 11 is 0. The lowest BCUT2D eigenvalue weighted by atomic mass is 9.95. The maximum absolute atomic E-state index is 13.1. The van der Waals surface area contributed by atoms with Crippen LogP contribution in [0.5, 0.6) is 0 Å². The van der Waals surface area contributed by atoms with Crippen molar-refractivity contribution in [2.45, 2.75) is 25.7 Å². The molecule has 2 aliphatic rings. The van der Waals surface area contributed by atoms with Gasteiger partial charge >= 0.3 is 0 Å². The SMILES string of the molecule is O=C(c1ccc2[nH]c3c(c2c1)CCCC3)N1CCN(c2ccccc2[N+](=O)[O-])CC1. The summed E-state index contributed by atoms with van der Waals surface area (Å²) < 4.78 is 0. The highest BCUT2D eigenvalue weighted by atomic mass is 16.6. The first-order chi connectivity index (χ1) is 14.6. The van der Waals surface area contributed by atoms with Crippen LogP contribution >= 0.6 is 0 Å². The van der Waals surface area contributed by atoms with E-state index in [0.29, 0.717) is 37.4 Å². The fourth-order valence-electron chi connectivity index (χ4n) is 4.76. The van der Waals surface area contributed by atoms with Gasteiger partial charge in [0.2, 0.25) is 0 Å². The zero-order valence-corrected chi connectivity index (χ0v) is 16.8. The molecule has 5 rings (SSSR count). The first-order valence-corrected chi connectivity index (χ1v) is 10.5. The van der Waals surface area contributed by atoms with Gasteiger partial charge in [0.1, 0.15) is 5.69 Å². The van der Waals surface area contributed by atoms with Gasteiger partial charge in [-0.25, -0.2) is 0 Å². The molecule has 1 aromatic heterocycles. The second-order valence-corrected chi connectivity index (χ2v) is 8.07. The number of nitrogens with one attached hydrogen (secondary N) is 1. The van der Waals surface area contributed by atoms with Crippen LogP contribution in [0.15, 0.2) is 42.5 Å². The minimum Gasteiger partial charge on any atom is -0.362 e. The maximum atomic E-state index is 13.1. The van der Waals surface area contributed by atoms with E-state index in [0.717, 1.165) is 18.4 Å². The maximum Gasteiger partial charge on any atom is 0.292 e. The molecule has 0 unspecified atom stereocenters. The number of H-pyrrole nitrogens is 1. The fraction of sp³-hybridized carbons (Fsp3) is 0.348. The van der Waals surface area contributed by atoms with Crippen LogP contribution in [0.1, 0.15) is 34.5 Å².